The van der Waals surface area contributed by atoms with Crippen molar-refractivity contribution in [2.24, 2.45) is 0 Å². The zero-order valence-corrected chi connectivity index (χ0v) is 25.7. The van der Waals surface area contributed by atoms with Crippen molar-refractivity contribution in [2.75, 3.05) is 13.2 Å². The molecule has 3 nitrogen and oxygen atoms in total. The average molecular weight is 519 g/mol. The van der Waals surface area contributed by atoms with Crippen LogP contribution in [0.1, 0.15) is 131 Å². The van der Waals surface area contributed by atoms with E-state index in [1.165, 1.54) is 56.9 Å². The predicted molar refractivity (Wildman–Crippen MR) is 158 cm³/mol. The Kier molecular flexibility index (Phi) is 18.4. The van der Waals surface area contributed by atoms with E-state index in [0.29, 0.717) is 29.0 Å². The summed E-state index contributed by atoms with van der Waals surface area (Å²) in [5, 5.41) is 0. The van der Waals surface area contributed by atoms with Crippen LogP contribution in [0.3, 0.4) is 0 Å². The lowest BCUT2D eigenvalue weighted by Crippen LogP contribution is -2.47. The van der Waals surface area contributed by atoms with Gasteiger partial charge in [-0.05, 0) is 47.9 Å². The molecule has 0 amide bonds. The highest BCUT2D eigenvalue weighted by atomic mass is 28.4. The molecule has 4 heteroatoms. The molecule has 0 radical (unpaired) electrons. The van der Waals surface area contributed by atoms with E-state index in [4.69, 9.17) is 9.16 Å². The molecule has 0 fully saturated rings. The predicted octanol–water partition coefficient (Wildman–Crippen LogP) is 10.0. The summed E-state index contributed by atoms with van der Waals surface area (Å²) in [6, 6.07) is 10.3. The second-order valence-electron chi connectivity index (χ2n) is 11.6. The van der Waals surface area contributed by atoms with Gasteiger partial charge in [0, 0.05) is 26.1 Å². The van der Waals surface area contributed by atoms with Crippen LogP contribution in [0.25, 0.3) is 0 Å². The third-order valence-electron chi connectivity index (χ3n) is 7.76. The molecule has 1 aromatic carbocycles. The van der Waals surface area contributed by atoms with Crippen molar-refractivity contribution >= 4 is 14.1 Å². The third-order valence-corrected chi connectivity index (χ3v) is 13.9. The molecule has 1 aromatic rings. The molecule has 0 N–H and O–H groups in total. The van der Waals surface area contributed by atoms with Gasteiger partial charge in [0.2, 0.25) is 0 Å². The normalized spacial score (nSPS) is 12.2. The van der Waals surface area contributed by atoms with Crippen LogP contribution in [0, 0.1) is 0 Å². The molecule has 36 heavy (non-hydrogen) atoms. The molecule has 1 rings (SSSR count). The zero-order chi connectivity index (χ0) is 26.7. The van der Waals surface area contributed by atoms with Crippen LogP contribution < -0.4 is 0 Å². The Morgan fingerprint density at radius 1 is 0.639 bits per heavy atom. The third kappa shape index (κ3) is 13.5. The van der Waals surface area contributed by atoms with Gasteiger partial charge in [-0.1, -0.05) is 117 Å². The Morgan fingerprint density at radius 3 is 1.58 bits per heavy atom. The van der Waals surface area contributed by atoms with Crippen molar-refractivity contribution in [3.63, 3.8) is 0 Å². The van der Waals surface area contributed by atoms with E-state index in [1.54, 1.807) is 0 Å². The second-order valence-corrected chi connectivity index (χ2v) is 17.1. The minimum atomic E-state index is -1.70. The van der Waals surface area contributed by atoms with Gasteiger partial charge >= 0.3 is 0 Å². The van der Waals surface area contributed by atoms with E-state index in [-0.39, 0.29) is 0 Å². The molecule has 0 saturated heterocycles. The molecule has 0 atom stereocenters. The number of carbonyl (C=O) groups is 1. The number of hydrogen-bond acceptors (Lipinski definition) is 3. The maximum absolute atomic E-state index is 12.2. The number of Topliss-reactive ketones (excluding diaryl/α,β-unsaturated/α-hetero) is 1. The minimum absolute atomic E-state index is 0.465. The lowest BCUT2D eigenvalue weighted by Gasteiger charge is -2.42. The zero-order valence-electron chi connectivity index (χ0n) is 24.7. The van der Waals surface area contributed by atoms with Gasteiger partial charge in [0.25, 0.3) is 0 Å². The van der Waals surface area contributed by atoms with Crippen molar-refractivity contribution in [3.8, 4) is 0 Å². The molecule has 0 aliphatic heterocycles. The lowest BCUT2D eigenvalue weighted by molar-refractivity contribution is -0.119. The summed E-state index contributed by atoms with van der Waals surface area (Å²) in [5.41, 5.74) is 3.24. The van der Waals surface area contributed by atoms with Gasteiger partial charge in [-0.15, -0.1) is 0 Å². The molecule has 0 saturated carbocycles. The van der Waals surface area contributed by atoms with Gasteiger partial charge in [-0.3, -0.25) is 4.79 Å². The van der Waals surface area contributed by atoms with Crippen molar-refractivity contribution in [1.29, 1.82) is 0 Å². The Morgan fingerprint density at radius 2 is 1.08 bits per heavy atom. The number of rotatable bonds is 23. The highest BCUT2D eigenvalue weighted by molar-refractivity contribution is 6.77. The first kappa shape index (κ1) is 33.1. The number of benzene rings is 1. The van der Waals surface area contributed by atoms with Gasteiger partial charge in [0.05, 0.1) is 6.61 Å². The van der Waals surface area contributed by atoms with Crippen LogP contribution in [0.15, 0.2) is 30.3 Å². The molecule has 0 aliphatic rings. The van der Waals surface area contributed by atoms with Crippen LogP contribution in [0.2, 0.25) is 16.6 Å². The second kappa shape index (κ2) is 20.0. The average Bonchev–Trinajstić information content (AvgIpc) is 2.84. The van der Waals surface area contributed by atoms with Crippen LogP contribution in [0.5, 0.6) is 0 Å². The summed E-state index contributed by atoms with van der Waals surface area (Å²) in [5.74, 6) is 0.465. The maximum Gasteiger partial charge on any atom is 0.200 e. The minimum Gasteiger partial charge on any atom is -0.416 e. The lowest BCUT2D eigenvalue weighted by atomic mass is 10.0. The summed E-state index contributed by atoms with van der Waals surface area (Å²) in [6.45, 7) is 16.6. The van der Waals surface area contributed by atoms with Crippen molar-refractivity contribution in [3.05, 3.63) is 35.9 Å². The topological polar surface area (TPSA) is 35.5 Å². The van der Waals surface area contributed by atoms with Gasteiger partial charge in [0.1, 0.15) is 5.78 Å². The maximum atomic E-state index is 12.2. The van der Waals surface area contributed by atoms with E-state index in [1.807, 2.05) is 6.07 Å². The van der Waals surface area contributed by atoms with Crippen molar-refractivity contribution < 1.29 is 14.0 Å². The van der Waals surface area contributed by atoms with Crippen LogP contribution in [0.4, 0.5) is 0 Å². The fraction of sp³-hybridized carbons (Fsp3) is 0.781. The quantitative estimate of drug-likeness (QED) is 0.107. The highest BCUT2D eigenvalue weighted by Crippen LogP contribution is 2.42. The first-order valence-electron chi connectivity index (χ1n) is 15.1. The summed E-state index contributed by atoms with van der Waals surface area (Å²) in [6.07, 6.45) is 14.5. The Balaban J connectivity index is 1.91. The van der Waals surface area contributed by atoms with E-state index in [2.05, 4.69) is 65.8 Å². The van der Waals surface area contributed by atoms with Crippen molar-refractivity contribution in [2.45, 2.75) is 148 Å². The van der Waals surface area contributed by atoms with Gasteiger partial charge < -0.3 is 9.16 Å². The summed E-state index contributed by atoms with van der Waals surface area (Å²) < 4.78 is 12.4. The van der Waals surface area contributed by atoms with Gasteiger partial charge in [-0.2, -0.15) is 0 Å². The molecule has 0 aliphatic carbocycles. The van der Waals surface area contributed by atoms with Gasteiger partial charge in [-0.25, -0.2) is 0 Å². The molecular weight excluding hydrogens is 460 g/mol. The molecule has 0 spiro atoms. The molecule has 208 valence electrons. The smallest absolute Gasteiger partial charge is 0.200 e. The van der Waals surface area contributed by atoms with E-state index in [9.17, 15) is 4.79 Å². The SMILES string of the molecule is CC(C)[Si](OCCCCCCCCC(=O)CCCCCCCOCc1ccccc1)(C(C)C)C(C)C. The molecular formula is C32H58O3Si. The first-order chi connectivity index (χ1) is 17.3. The monoisotopic (exact) mass is 518 g/mol. The summed E-state index contributed by atoms with van der Waals surface area (Å²) >= 11 is 0. The number of unbranched alkanes of at least 4 members (excludes halogenated alkanes) is 9. The van der Waals surface area contributed by atoms with E-state index < -0.39 is 8.32 Å². The van der Waals surface area contributed by atoms with E-state index in [0.717, 1.165) is 45.3 Å². The van der Waals surface area contributed by atoms with Crippen LogP contribution in [-0.2, 0) is 20.6 Å². The number of ketones is 1. The first-order valence-corrected chi connectivity index (χ1v) is 17.2. The van der Waals surface area contributed by atoms with Crippen LogP contribution in [-0.4, -0.2) is 27.3 Å². The highest BCUT2D eigenvalue weighted by Gasteiger charge is 2.44. The molecule has 0 unspecified atom stereocenters. The van der Waals surface area contributed by atoms with Crippen LogP contribution >= 0.6 is 0 Å². The number of hydrogen-bond donors (Lipinski definition) is 0. The largest absolute Gasteiger partial charge is 0.416 e. The standard InChI is InChI=1S/C32H58O3Si/c1-28(2)36(29(3)4,30(5)6)35-26-20-13-8-7-10-17-23-32(33)24-18-11-9-12-19-25-34-27-31-21-15-14-16-22-31/h14-16,21-22,28-30H,7-13,17-20,23-27H2,1-6H3. The van der Waals surface area contributed by atoms with Gasteiger partial charge in [0.15, 0.2) is 8.32 Å². The number of carbonyl (C=O) groups excluding carboxylic acids is 1. The van der Waals surface area contributed by atoms with E-state index >= 15 is 0 Å². The summed E-state index contributed by atoms with van der Waals surface area (Å²) in [4.78, 5) is 12.2. The fourth-order valence-corrected chi connectivity index (χ4v) is 11.3. The fourth-order valence-electron chi connectivity index (χ4n) is 5.83. The Bertz CT molecular complexity index is 635. The number of ether oxygens (including phenoxy) is 1. The Hall–Kier alpha value is -0.973. The Labute approximate surface area is 225 Å². The molecule has 0 heterocycles. The molecule has 0 bridgehead atoms. The summed E-state index contributed by atoms with van der Waals surface area (Å²) in [7, 11) is -1.70. The van der Waals surface area contributed by atoms with Crippen molar-refractivity contribution in [1.82, 2.24) is 0 Å². The molecule has 0 aromatic heterocycles.